The number of benzene rings is 1. The zero-order valence-electron chi connectivity index (χ0n) is 9.12. The molecule has 0 radical (unpaired) electrons. The normalized spacial score (nSPS) is 21.9. The molecule has 0 bridgehead atoms. The van der Waals surface area contributed by atoms with Gasteiger partial charge in [0.1, 0.15) is 5.75 Å². The molecule has 90 valence electrons. The maximum atomic E-state index is 10.8. The largest absolute Gasteiger partial charge is 0.497 e. The molecule has 0 aromatic heterocycles. The standard InChI is InChI=1S/C11H11NO5/c1-17-6-2-3-10(12(15)16)8(4-6)7-5-9(7)11(13)14/h2-4,7,9H,5H2,1H3,(H,13,14)/t7-,9+/m0/s1. The van der Waals surface area contributed by atoms with Gasteiger partial charge in [-0.1, -0.05) is 0 Å². The number of nitro benzene ring substituents is 1. The smallest absolute Gasteiger partial charge is 0.307 e. The molecule has 0 unspecified atom stereocenters. The van der Waals surface area contributed by atoms with Crippen LogP contribution in [0.2, 0.25) is 0 Å². The minimum atomic E-state index is -0.910. The molecule has 0 heterocycles. The number of nitro groups is 1. The van der Waals surface area contributed by atoms with Crippen LogP contribution in [0, 0.1) is 16.0 Å². The highest BCUT2D eigenvalue weighted by molar-refractivity contribution is 5.76. The van der Waals surface area contributed by atoms with Gasteiger partial charge in [-0.15, -0.1) is 0 Å². The highest BCUT2D eigenvalue weighted by atomic mass is 16.6. The van der Waals surface area contributed by atoms with Crippen LogP contribution in [0.1, 0.15) is 17.9 Å². The van der Waals surface area contributed by atoms with E-state index in [1.165, 1.54) is 19.2 Å². The van der Waals surface area contributed by atoms with Crippen molar-refractivity contribution in [2.24, 2.45) is 5.92 Å². The van der Waals surface area contributed by atoms with Gasteiger partial charge in [-0.2, -0.15) is 0 Å². The molecule has 2 rings (SSSR count). The molecule has 1 aromatic rings. The van der Waals surface area contributed by atoms with E-state index < -0.39 is 16.8 Å². The molecule has 0 amide bonds. The maximum absolute atomic E-state index is 10.8. The number of carboxylic acid groups (broad SMARTS) is 1. The minimum absolute atomic E-state index is 0.0421. The van der Waals surface area contributed by atoms with Crippen molar-refractivity contribution in [1.29, 1.82) is 0 Å². The number of hydrogen-bond donors (Lipinski definition) is 1. The topological polar surface area (TPSA) is 89.7 Å². The van der Waals surface area contributed by atoms with Gasteiger partial charge >= 0.3 is 5.97 Å². The lowest BCUT2D eigenvalue weighted by atomic mass is 10.1. The fourth-order valence-electron chi connectivity index (χ4n) is 1.93. The minimum Gasteiger partial charge on any atom is -0.497 e. The first-order valence-corrected chi connectivity index (χ1v) is 5.09. The van der Waals surface area contributed by atoms with Crippen molar-refractivity contribution in [3.05, 3.63) is 33.9 Å². The summed E-state index contributed by atoms with van der Waals surface area (Å²) < 4.78 is 4.99. The van der Waals surface area contributed by atoms with E-state index in [-0.39, 0.29) is 11.6 Å². The Morgan fingerprint density at radius 1 is 1.59 bits per heavy atom. The van der Waals surface area contributed by atoms with Crippen LogP contribution in [0.5, 0.6) is 5.75 Å². The molecular weight excluding hydrogens is 226 g/mol. The molecule has 1 aliphatic carbocycles. The van der Waals surface area contributed by atoms with Crippen molar-refractivity contribution in [3.63, 3.8) is 0 Å². The number of ether oxygens (including phenoxy) is 1. The Balaban J connectivity index is 2.37. The van der Waals surface area contributed by atoms with E-state index >= 15 is 0 Å². The van der Waals surface area contributed by atoms with Crippen molar-refractivity contribution in [3.8, 4) is 5.75 Å². The van der Waals surface area contributed by atoms with Gasteiger partial charge in [0, 0.05) is 17.5 Å². The SMILES string of the molecule is COc1ccc([N+](=O)[O-])c([C@@H]2C[C@H]2C(=O)O)c1. The van der Waals surface area contributed by atoms with Gasteiger partial charge in [0.15, 0.2) is 0 Å². The lowest BCUT2D eigenvalue weighted by Crippen LogP contribution is -2.01. The molecule has 0 saturated heterocycles. The van der Waals surface area contributed by atoms with E-state index in [1.807, 2.05) is 0 Å². The van der Waals surface area contributed by atoms with E-state index in [9.17, 15) is 14.9 Å². The quantitative estimate of drug-likeness (QED) is 0.636. The van der Waals surface area contributed by atoms with Crippen molar-refractivity contribution in [2.75, 3.05) is 7.11 Å². The predicted molar refractivity (Wildman–Crippen MR) is 58.1 cm³/mol. The first-order valence-electron chi connectivity index (χ1n) is 5.09. The molecular formula is C11H11NO5. The molecule has 1 aromatic carbocycles. The lowest BCUT2D eigenvalue weighted by molar-refractivity contribution is -0.385. The van der Waals surface area contributed by atoms with E-state index in [2.05, 4.69) is 0 Å². The summed E-state index contributed by atoms with van der Waals surface area (Å²) in [5.74, 6) is -1.20. The van der Waals surface area contributed by atoms with Crippen LogP contribution in [0.4, 0.5) is 5.69 Å². The van der Waals surface area contributed by atoms with Crippen molar-refractivity contribution < 1.29 is 19.6 Å². The summed E-state index contributed by atoms with van der Waals surface area (Å²) in [5, 5.41) is 19.7. The van der Waals surface area contributed by atoms with Crippen LogP contribution >= 0.6 is 0 Å². The number of carbonyl (C=O) groups is 1. The van der Waals surface area contributed by atoms with Gasteiger partial charge < -0.3 is 9.84 Å². The van der Waals surface area contributed by atoms with Crippen LogP contribution in [-0.2, 0) is 4.79 Å². The average Bonchev–Trinajstić information content (AvgIpc) is 3.08. The monoisotopic (exact) mass is 237 g/mol. The summed E-state index contributed by atoms with van der Waals surface area (Å²) in [6.45, 7) is 0. The second kappa shape index (κ2) is 4.04. The summed E-state index contributed by atoms with van der Waals surface area (Å²) in [5.41, 5.74) is 0.404. The zero-order valence-corrected chi connectivity index (χ0v) is 9.12. The number of rotatable bonds is 4. The fraction of sp³-hybridized carbons (Fsp3) is 0.364. The Bertz CT molecular complexity index is 485. The van der Waals surface area contributed by atoms with Gasteiger partial charge in [0.2, 0.25) is 0 Å². The van der Waals surface area contributed by atoms with E-state index in [4.69, 9.17) is 9.84 Å². The highest BCUT2D eigenvalue weighted by Crippen LogP contribution is 2.51. The molecule has 0 aliphatic heterocycles. The Morgan fingerprint density at radius 2 is 2.29 bits per heavy atom. The molecule has 1 fully saturated rings. The summed E-state index contributed by atoms with van der Waals surface area (Å²) in [4.78, 5) is 21.1. The molecule has 1 N–H and O–H groups in total. The van der Waals surface area contributed by atoms with Crippen LogP contribution in [0.15, 0.2) is 18.2 Å². The van der Waals surface area contributed by atoms with Crippen LogP contribution in [0.3, 0.4) is 0 Å². The third-order valence-electron chi connectivity index (χ3n) is 2.94. The Hall–Kier alpha value is -2.11. The van der Waals surface area contributed by atoms with Gasteiger partial charge in [-0.05, 0) is 18.6 Å². The predicted octanol–water partition coefficient (Wildman–Crippen LogP) is 1.79. The van der Waals surface area contributed by atoms with E-state index in [1.54, 1.807) is 6.07 Å². The number of methoxy groups -OCH3 is 1. The zero-order chi connectivity index (χ0) is 12.6. The Morgan fingerprint density at radius 3 is 2.76 bits per heavy atom. The molecule has 2 atom stereocenters. The van der Waals surface area contributed by atoms with Crippen LogP contribution in [-0.4, -0.2) is 23.1 Å². The molecule has 1 aliphatic rings. The summed E-state index contributed by atoms with van der Waals surface area (Å²) in [6, 6.07) is 4.40. The molecule has 6 nitrogen and oxygen atoms in total. The third kappa shape index (κ3) is 2.06. The van der Waals surface area contributed by atoms with Gasteiger partial charge in [0.25, 0.3) is 5.69 Å². The van der Waals surface area contributed by atoms with Crippen LogP contribution in [0.25, 0.3) is 0 Å². The van der Waals surface area contributed by atoms with Gasteiger partial charge in [0.05, 0.1) is 18.0 Å². The van der Waals surface area contributed by atoms with E-state index in [0.29, 0.717) is 17.7 Å². The average molecular weight is 237 g/mol. The summed E-state index contributed by atoms with van der Waals surface area (Å²) in [7, 11) is 1.46. The molecule has 17 heavy (non-hydrogen) atoms. The van der Waals surface area contributed by atoms with E-state index in [0.717, 1.165) is 0 Å². The fourth-order valence-corrected chi connectivity index (χ4v) is 1.93. The molecule has 0 spiro atoms. The highest BCUT2D eigenvalue weighted by Gasteiger charge is 2.47. The Kier molecular flexibility index (Phi) is 2.71. The van der Waals surface area contributed by atoms with Gasteiger partial charge in [-0.3, -0.25) is 14.9 Å². The number of nitrogens with zero attached hydrogens (tertiary/aromatic N) is 1. The van der Waals surface area contributed by atoms with Crippen molar-refractivity contribution >= 4 is 11.7 Å². The third-order valence-corrected chi connectivity index (χ3v) is 2.94. The lowest BCUT2D eigenvalue weighted by Gasteiger charge is -2.04. The summed E-state index contributed by atoms with van der Waals surface area (Å²) >= 11 is 0. The van der Waals surface area contributed by atoms with Crippen molar-refractivity contribution in [1.82, 2.24) is 0 Å². The number of carboxylic acids is 1. The summed E-state index contributed by atoms with van der Waals surface area (Å²) in [6.07, 6.45) is 0.448. The van der Waals surface area contributed by atoms with Gasteiger partial charge in [-0.25, -0.2) is 0 Å². The first-order chi connectivity index (χ1) is 8.04. The molecule has 1 saturated carbocycles. The number of hydrogen-bond acceptors (Lipinski definition) is 4. The molecule has 6 heteroatoms. The second-order valence-corrected chi connectivity index (χ2v) is 3.97. The van der Waals surface area contributed by atoms with Crippen LogP contribution < -0.4 is 4.74 Å². The number of aliphatic carboxylic acids is 1. The van der Waals surface area contributed by atoms with Crippen molar-refractivity contribution in [2.45, 2.75) is 12.3 Å². The Labute approximate surface area is 97.0 Å². The first kappa shape index (κ1) is 11.4. The maximum Gasteiger partial charge on any atom is 0.307 e. The second-order valence-electron chi connectivity index (χ2n) is 3.97.